The van der Waals surface area contributed by atoms with E-state index in [-0.39, 0.29) is 5.91 Å². The van der Waals surface area contributed by atoms with Crippen LogP contribution < -0.4 is 5.32 Å². The van der Waals surface area contributed by atoms with Crippen molar-refractivity contribution in [2.24, 2.45) is 0 Å². The third kappa shape index (κ3) is 4.31. The Kier molecular flexibility index (Phi) is 5.82. The molecule has 4 heteroatoms. The molecule has 0 saturated carbocycles. The van der Waals surface area contributed by atoms with Gasteiger partial charge in [0.2, 0.25) is 0 Å². The third-order valence-corrected chi connectivity index (χ3v) is 5.64. The van der Waals surface area contributed by atoms with Crippen LogP contribution in [-0.2, 0) is 4.79 Å². The van der Waals surface area contributed by atoms with Gasteiger partial charge in [-0.15, -0.1) is 0 Å². The molecule has 0 atom stereocenters. The number of allylic oxidation sites excluding steroid dienone is 1. The molecule has 1 amide bonds. The maximum absolute atomic E-state index is 13.1. The molecule has 3 nitrogen and oxygen atoms in total. The number of likely N-dealkylation sites (tertiary alicyclic amines) is 1. The summed E-state index contributed by atoms with van der Waals surface area (Å²) in [4.78, 5) is 15.5. The van der Waals surface area contributed by atoms with E-state index in [9.17, 15) is 4.79 Å². The van der Waals surface area contributed by atoms with Crippen LogP contribution in [0, 0.1) is 0 Å². The molecule has 2 aromatic carbocycles. The SMILES string of the molecule is O=C(Nc1cccc(Cl)c1)C1=C(N2CCCCC2)/C(=C\c2ccccc2)CC1. The first-order valence-corrected chi connectivity index (χ1v) is 10.4. The van der Waals surface area contributed by atoms with E-state index in [4.69, 9.17) is 11.6 Å². The Bertz CT molecular complexity index is 911. The van der Waals surface area contributed by atoms with Crippen LogP contribution in [0.4, 0.5) is 5.69 Å². The van der Waals surface area contributed by atoms with Gasteiger partial charge in [0.05, 0.1) is 0 Å². The van der Waals surface area contributed by atoms with Crippen molar-refractivity contribution in [2.75, 3.05) is 18.4 Å². The Morgan fingerprint density at radius 3 is 2.50 bits per heavy atom. The Morgan fingerprint density at radius 1 is 0.964 bits per heavy atom. The Labute approximate surface area is 171 Å². The standard InChI is InChI=1S/C24H25ClN2O/c25-20-10-7-11-21(17-20)26-24(28)22-13-12-19(16-18-8-3-1-4-9-18)23(22)27-14-5-2-6-15-27/h1,3-4,7-11,16-17H,2,5-6,12-15H2,(H,26,28)/b19-16-. The van der Waals surface area contributed by atoms with E-state index in [1.807, 2.05) is 24.3 Å². The Morgan fingerprint density at radius 2 is 1.75 bits per heavy atom. The molecule has 144 valence electrons. The summed E-state index contributed by atoms with van der Waals surface area (Å²) in [6.07, 6.45) is 7.56. The summed E-state index contributed by atoms with van der Waals surface area (Å²) in [5, 5.41) is 3.67. The molecule has 0 bridgehead atoms. The predicted molar refractivity (Wildman–Crippen MR) is 116 cm³/mol. The lowest BCUT2D eigenvalue weighted by Gasteiger charge is -2.31. The first kappa shape index (κ1) is 18.8. The number of piperidine rings is 1. The maximum Gasteiger partial charge on any atom is 0.253 e. The van der Waals surface area contributed by atoms with Gasteiger partial charge in [-0.05, 0) is 67.5 Å². The van der Waals surface area contributed by atoms with E-state index in [2.05, 4.69) is 40.6 Å². The minimum atomic E-state index is -0.0145. The number of halogens is 1. The Balaban J connectivity index is 1.67. The van der Waals surface area contributed by atoms with Crippen molar-refractivity contribution >= 4 is 29.3 Å². The van der Waals surface area contributed by atoms with Crippen LogP contribution in [-0.4, -0.2) is 23.9 Å². The highest BCUT2D eigenvalue weighted by Gasteiger charge is 2.29. The molecule has 4 rings (SSSR count). The number of carbonyl (C=O) groups is 1. The van der Waals surface area contributed by atoms with Gasteiger partial charge < -0.3 is 10.2 Å². The highest BCUT2D eigenvalue weighted by atomic mass is 35.5. The van der Waals surface area contributed by atoms with E-state index in [1.165, 1.54) is 30.4 Å². The third-order valence-electron chi connectivity index (χ3n) is 5.40. The summed E-state index contributed by atoms with van der Waals surface area (Å²) in [6.45, 7) is 2.05. The van der Waals surface area contributed by atoms with Gasteiger partial charge in [-0.3, -0.25) is 4.79 Å². The van der Waals surface area contributed by atoms with Gasteiger partial charge >= 0.3 is 0 Å². The van der Waals surface area contributed by atoms with Crippen molar-refractivity contribution < 1.29 is 4.79 Å². The average molecular weight is 393 g/mol. The summed E-state index contributed by atoms with van der Waals surface area (Å²) in [5.41, 5.74) is 5.23. The highest BCUT2D eigenvalue weighted by molar-refractivity contribution is 6.31. The second-order valence-corrected chi connectivity index (χ2v) is 7.86. The molecule has 2 aromatic rings. The minimum Gasteiger partial charge on any atom is -0.371 e. The van der Waals surface area contributed by atoms with E-state index in [0.717, 1.165) is 42.9 Å². The van der Waals surface area contributed by atoms with Crippen LogP contribution in [0.25, 0.3) is 6.08 Å². The van der Waals surface area contributed by atoms with Crippen LogP contribution in [0.1, 0.15) is 37.7 Å². The van der Waals surface area contributed by atoms with E-state index in [1.54, 1.807) is 6.07 Å². The molecular formula is C24H25ClN2O. The van der Waals surface area contributed by atoms with E-state index in [0.29, 0.717) is 5.02 Å². The van der Waals surface area contributed by atoms with Crippen molar-refractivity contribution in [3.63, 3.8) is 0 Å². The zero-order valence-corrected chi connectivity index (χ0v) is 16.7. The molecule has 28 heavy (non-hydrogen) atoms. The zero-order chi connectivity index (χ0) is 19.3. The van der Waals surface area contributed by atoms with Crippen LogP contribution in [0.2, 0.25) is 5.02 Å². The van der Waals surface area contributed by atoms with Crippen molar-refractivity contribution in [3.8, 4) is 0 Å². The van der Waals surface area contributed by atoms with Gasteiger partial charge in [0.15, 0.2) is 0 Å². The molecule has 1 saturated heterocycles. The number of hydrogen-bond donors (Lipinski definition) is 1. The fourth-order valence-corrected chi connectivity index (χ4v) is 4.28. The lowest BCUT2D eigenvalue weighted by molar-refractivity contribution is -0.113. The quantitative estimate of drug-likeness (QED) is 0.702. The number of benzene rings is 2. The fraction of sp³-hybridized carbons (Fsp3) is 0.292. The first-order chi connectivity index (χ1) is 13.7. The van der Waals surface area contributed by atoms with Gasteiger partial charge in [-0.25, -0.2) is 0 Å². The number of hydrogen-bond acceptors (Lipinski definition) is 2. The van der Waals surface area contributed by atoms with Gasteiger partial charge in [-0.1, -0.05) is 48.0 Å². The largest absolute Gasteiger partial charge is 0.371 e. The lowest BCUT2D eigenvalue weighted by Crippen LogP contribution is -2.31. The molecule has 1 aliphatic carbocycles. The zero-order valence-electron chi connectivity index (χ0n) is 16.0. The van der Waals surface area contributed by atoms with Crippen molar-refractivity contribution in [1.29, 1.82) is 0 Å². The normalized spacial score (nSPS) is 18.6. The molecule has 0 spiro atoms. The van der Waals surface area contributed by atoms with Gasteiger partial charge in [-0.2, -0.15) is 0 Å². The highest BCUT2D eigenvalue weighted by Crippen LogP contribution is 2.37. The summed E-state index contributed by atoms with van der Waals surface area (Å²) in [5.74, 6) is -0.0145. The van der Waals surface area contributed by atoms with Crippen molar-refractivity contribution in [3.05, 3.63) is 82.0 Å². The van der Waals surface area contributed by atoms with Gasteiger partial charge in [0.1, 0.15) is 0 Å². The number of anilines is 1. The summed E-state index contributed by atoms with van der Waals surface area (Å²) < 4.78 is 0. The molecule has 0 aromatic heterocycles. The first-order valence-electron chi connectivity index (χ1n) is 10.0. The topological polar surface area (TPSA) is 32.3 Å². The second kappa shape index (κ2) is 8.66. The molecule has 0 unspecified atom stereocenters. The van der Waals surface area contributed by atoms with Crippen LogP contribution >= 0.6 is 11.6 Å². The Hall–Kier alpha value is -2.52. The van der Waals surface area contributed by atoms with Crippen molar-refractivity contribution in [2.45, 2.75) is 32.1 Å². The molecule has 1 N–H and O–H groups in total. The van der Waals surface area contributed by atoms with E-state index < -0.39 is 0 Å². The van der Waals surface area contributed by atoms with E-state index >= 15 is 0 Å². The minimum absolute atomic E-state index is 0.0145. The number of rotatable bonds is 4. The number of carbonyl (C=O) groups excluding carboxylic acids is 1. The average Bonchev–Trinajstić information content (AvgIpc) is 3.13. The monoisotopic (exact) mass is 392 g/mol. The molecule has 0 radical (unpaired) electrons. The summed E-state index contributed by atoms with van der Waals surface area (Å²) in [7, 11) is 0. The molecule has 1 fully saturated rings. The van der Waals surface area contributed by atoms with Crippen LogP contribution in [0.5, 0.6) is 0 Å². The molecule has 2 aliphatic rings. The second-order valence-electron chi connectivity index (χ2n) is 7.42. The number of nitrogens with one attached hydrogen (secondary N) is 1. The smallest absolute Gasteiger partial charge is 0.253 e. The summed E-state index contributed by atoms with van der Waals surface area (Å²) in [6, 6.07) is 17.7. The van der Waals surface area contributed by atoms with Crippen LogP contribution in [0.15, 0.2) is 71.4 Å². The van der Waals surface area contributed by atoms with Crippen LogP contribution in [0.3, 0.4) is 0 Å². The van der Waals surface area contributed by atoms with Gasteiger partial charge in [0.25, 0.3) is 5.91 Å². The van der Waals surface area contributed by atoms with Crippen molar-refractivity contribution in [1.82, 2.24) is 4.90 Å². The molecule has 1 aliphatic heterocycles. The molecule has 1 heterocycles. The lowest BCUT2D eigenvalue weighted by atomic mass is 10.0. The summed E-state index contributed by atoms with van der Waals surface area (Å²) >= 11 is 6.07. The van der Waals surface area contributed by atoms with Gasteiger partial charge in [0, 0.05) is 35.1 Å². The number of nitrogens with zero attached hydrogens (tertiary/aromatic N) is 1. The molecular weight excluding hydrogens is 368 g/mol. The fourth-order valence-electron chi connectivity index (χ4n) is 4.09. The predicted octanol–water partition coefficient (Wildman–Crippen LogP) is 5.90. The number of amides is 1. The maximum atomic E-state index is 13.1.